The van der Waals surface area contributed by atoms with Crippen LogP contribution < -0.4 is 14.8 Å². The van der Waals surface area contributed by atoms with Gasteiger partial charge in [-0.15, -0.1) is 0 Å². The standard InChI is InChI=1S/C19H19F2NO3/c1-11-9-15(11)18(23)22-13-5-8-17(25-19(20)21)16(10-13)12-3-6-14(24-2)7-4-12/h3-8,10-11,15,19H,9H2,1-2H3,(H,22,23). The quantitative estimate of drug-likeness (QED) is 0.833. The van der Waals surface area contributed by atoms with Crippen LogP contribution in [0, 0.1) is 11.8 Å². The highest BCUT2D eigenvalue weighted by molar-refractivity contribution is 5.95. The summed E-state index contributed by atoms with van der Waals surface area (Å²) in [7, 11) is 1.55. The van der Waals surface area contributed by atoms with Gasteiger partial charge in [-0.3, -0.25) is 4.79 Å². The van der Waals surface area contributed by atoms with E-state index in [1.54, 1.807) is 43.5 Å². The number of carbonyl (C=O) groups excluding carboxylic acids is 1. The van der Waals surface area contributed by atoms with Crippen LogP contribution in [-0.4, -0.2) is 19.6 Å². The molecule has 4 nitrogen and oxygen atoms in total. The topological polar surface area (TPSA) is 47.6 Å². The van der Waals surface area contributed by atoms with Crippen molar-refractivity contribution in [2.24, 2.45) is 11.8 Å². The maximum Gasteiger partial charge on any atom is 0.387 e. The minimum absolute atomic E-state index is 0.0291. The first-order chi connectivity index (χ1) is 12.0. The Kier molecular flexibility index (Phi) is 4.88. The van der Waals surface area contributed by atoms with E-state index in [4.69, 9.17) is 4.74 Å². The molecule has 2 aromatic rings. The average Bonchev–Trinajstić information content (AvgIpc) is 3.33. The van der Waals surface area contributed by atoms with Gasteiger partial charge >= 0.3 is 6.61 Å². The minimum atomic E-state index is -2.93. The van der Waals surface area contributed by atoms with Gasteiger partial charge in [0.25, 0.3) is 0 Å². The summed E-state index contributed by atoms with van der Waals surface area (Å²) in [5.41, 5.74) is 1.72. The Morgan fingerprint density at radius 2 is 1.88 bits per heavy atom. The third-order valence-corrected chi connectivity index (χ3v) is 4.31. The Balaban J connectivity index is 1.90. The van der Waals surface area contributed by atoms with E-state index in [2.05, 4.69) is 10.1 Å². The summed E-state index contributed by atoms with van der Waals surface area (Å²) >= 11 is 0. The number of hydrogen-bond acceptors (Lipinski definition) is 3. The molecule has 0 spiro atoms. The molecule has 6 heteroatoms. The molecule has 3 rings (SSSR count). The van der Waals surface area contributed by atoms with Crippen molar-refractivity contribution in [2.75, 3.05) is 12.4 Å². The molecule has 1 saturated carbocycles. The third-order valence-electron chi connectivity index (χ3n) is 4.31. The summed E-state index contributed by atoms with van der Waals surface area (Å²) in [6.45, 7) is -0.906. The Morgan fingerprint density at radius 1 is 1.20 bits per heavy atom. The predicted molar refractivity (Wildman–Crippen MR) is 91.0 cm³/mol. The van der Waals surface area contributed by atoms with Gasteiger partial charge in [-0.25, -0.2) is 0 Å². The second-order valence-electron chi connectivity index (χ2n) is 6.13. The highest BCUT2D eigenvalue weighted by Crippen LogP contribution is 2.39. The summed E-state index contributed by atoms with van der Waals surface area (Å²) in [5.74, 6) is 1.09. The van der Waals surface area contributed by atoms with E-state index < -0.39 is 6.61 Å². The summed E-state index contributed by atoms with van der Waals surface area (Å²) < 4.78 is 35.1. The van der Waals surface area contributed by atoms with Crippen molar-refractivity contribution in [3.05, 3.63) is 42.5 Å². The lowest BCUT2D eigenvalue weighted by Crippen LogP contribution is -2.14. The molecule has 0 bridgehead atoms. The summed E-state index contributed by atoms with van der Waals surface area (Å²) in [5, 5.41) is 2.84. The van der Waals surface area contributed by atoms with Gasteiger partial charge in [-0.1, -0.05) is 19.1 Å². The normalized spacial score (nSPS) is 18.8. The van der Waals surface area contributed by atoms with E-state index in [1.165, 1.54) is 6.07 Å². The zero-order valence-electron chi connectivity index (χ0n) is 14.0. The summed E-state index contributed by atoms with van der Waals surface area (Å²) in [4.78, 5) is 12.1. The number of rotatable bonds is 6. The van der Waals surface area contributed by atoms with Crippen LogP contribution in [0.15, 0.2) is 42.5 Å². The second-order valence-corrected chi connectivity index (χ2v) is 6.13. The molecule has 1 amide bonds. The predicted octanol–water partition coefficient (Wildman–Crippen LogP) is 4.56. The fourth-order valence-electron chi connectivity index (χ4n) is 2.73. The maximum atomic E-state index is 12.7. The van der Waals surface area contributed by atoms with Crippen molar-refractivity contribution in [3.8, 4) is 22.6 Å². The highest BCUT2D eigenvalue weighted by atomic mass is 19.3. The van der Waals surface area contributed by atoms with E-state index in [0.29, 0.717) is 28.5 Å². The number of hydrogen-bond donors (Lipinski definition) is 1. The number of ether oxygens (including phenoxy) is 2. The first-order valence-electron chi connectivity index (χ1n) is 8.02. The fraction of sp³-hybridized carbons (Fsp3) is 0.316. The van der Waals surface area contributed by atoms with Crippen LogP contribution >= 0.6 is 0 Å². The lowest BCUT2D eigenvalue weighted by Gasteiger charge is -2.14. The van der Waals surface area contributed by atoms with Gasteiger partial charge in [-0.05, 0) is 48.2 Å². The van der Waals surface area contributed by atoms with Crippen LogP contribution in [0.1, 0.15) is 13.3 Å². The lowest BCUT2D eigenvalue weighted by molar-refractivity contribution is -0.117. The van der Waals surface area contributed by atoms with Crippen LogP contribution in [0.2, 0.25) is 0 Å². The number of halogens is 2. The average molecular weight is 347 g/mol. The molecule has 25 heavy (non-hydrogen) atoms. The molecule has 1 aliphatic carbocycles. The molecule has 1 N–H and O–H groups in total. The number of alkyl halides is 2. The van der Waals surface area contributed by atoms with E-state index in [-0.39, 0.29) is 17.6 Å². The van der Waals surface area contributed by atoms with Gasteiger partial charge < -0.3 is 14.8 Å². The number of benzene rings is 2. The van der Waals surface area contributed by atoms with E-state index >= 15 is 0 Å². The SMILES string of the molecule is COc1ccc(-c2cc(NC(=O)C3CC3C)ccc2OC(F)F)cc1. The number of carbonyl (C=O) groups is 1. The molecule has 0 aliphatic heterocycles. The molecule has 132 valence electrons. The van der Waals surface area contributed by atoms with Crippen molar-refractivity contribution < 1.29 is 23.0 Å². The molecule has 0 saturated heterocycles. The van der Waals surface area contributed by atoms with Crippen molar-refractivity contribution in [2.45, 2.75) is 20.0 Å². The summed E-state index contributed by atoms with van der Waals surface area (Å²) in [6.07, 6.45) is 0.879. The van der Waals surface area contributed by atoms with Gasteiger partial charge in [0.15, 0.2) is 0 Å². The van der Waals surface area contributed by atoms with Crippen molar-refractivity contribution in [1.82, 2.24) is 0 Å². The van der Waals surface area contributed by atoms with Crippen molar-refractivity contribution in [3.63, 3.8) is 0 Å². The van der Waals surface area contributed by atoms with Crippen LogP contribution in [0.3, 0.4) is 0 Å². The first kappa shape index (κ1) is 17.2. The van der Waals surface area contributed by atoms with Gasteiger partial charge in [0.2, 0.25) is 5.91 Å². The number of nitrogens with one attached hydrogen (secondary N) is 1. The molecule has 2 unspecified atom stereocenters. The number of anilines is 1. The lowest BCUT2D eigenvalue weighted by atomic mass is 10.0. The largest absolute Gasteiger partial charge is 0.497 e. The molecule has 0 heterocycles. The molecule has 1 fully saturated rings. The first-order valence-corrected chi connectivity index (χ1v) is 8.02. The van der Waals surface area contributed by atoms with Crippen LogP contribution in [0.5, 0.6) is 11.5 Å². The molecule has 0 radical (unpaired) electrons. The molecule has 0 aromatic heterocycles. The zero-order valence-corrected chi connectivity index (χ0v) is 14.0. The van der Waals surface area contributed by atoms with Gasteiger partial charge in [0.1, 0.15) is 11.5 Å². The molecule has 1 aliphatic rings. The highest BCUT2D eigenvalue weighted by Gasteiger charge is 2.39. The van der Waals surface area contributed by atoms with E-state index in [9.17, 15) is 13.6 Å². The van der Waals surface area contributed by atoms with Gasteiger partial charge in [0, 0.05) is 17.2 Å². The zero-order chi connectivity index (χ0) is 18.0. The Bertz CT molecular complexity index is 762. The molecule has 2 atom stereocenters. The Labute approximate surface area is 144 Å². The van der Waals surface area contributed by atoms with E-state index in [0.717, 1.165) is 6.42 Å². The second kappa shape index (κ2) is 7.09. The molecular weight excluding hydrogens is 328 g/mol. The van der Waals surface area contributed by atoms with Crippen molar-refractivity contribution in [1.29, 1.82) is 0 Å². The monoisotopic (exact) mass is 347 g/mol. The van der Waals surface area contributed by atoms with Crippen molar-refractivity contribution >= 4 is 11.6 Å². The third kappa shape index (κ3) is 4.07. The molecule has 2 aromatic carbocycles. The van der Waals surface area contributed by atoms with Crippen LogP contribution in [-0.2, 0) is 4.79 Å². The summed E-state index contributed by atoms with van der Waals surface area (Å²) in [6, 6.07) is 11.6. The number of methoxy groups -OCH3 is 1. The van der Waals surface area contributed by atoms with Crippen LogP contribution in [0.25, 0.3) is 11.1 Å². The minimum Gasteiger partial charge on any atom is -0.497 e. The smallest absolute Gasteiger partial charge is 0.387 e. The van der Waals surface area contributed by atoms with Crippen LogP contribution in [0.4, 0.5) is 14.5 Å². The van der Waals surface area contributed by atoms with E-state index in [1.807, 2.05) is 6.92 Å². The van der Waals surface area contributed by atoms with Gasteiger partial charge in [-0.2, -0.15) is 8.78 Å². The van der Waals surface area contributed by atoms with Gasteiger partial charge in [0.05, 0.1) is 7.11 Å². The fourth-order valence-corrected chi connectivity index (χ4v) is 2.73. The molecular formula is C19H19F2NO3. The maximum absolute atomic E-state index is 12.7. The Morgan fingerprint density at radius 3 is 2.44 bits per heavy atom. The number of amides is 1. The Hall–Kier alpha value is -2.63.